The average Bonchev–Trinajstić information content (AvgIpc) is 3.21. The first kappa shape index (κ1) is 17.8. The number of carbonyl (C=O) groups is 1. The van der Waals surface area contributed by atoms with Crippen molar-refractivity contribution in [3.63, 3.8) is 0 Å². The largest absolute Gasteiger partial charge is 0.368 e. The molecule has 2 aromatic rings. The van der Waals surface area contributed by atoms with Gasteiger partial charge in [0.2, 0.25) is 5.95 Å². The highest BCUT2D eigenvalue weighted by atomic mass is 16.2. The second-order valence-corrected chi connectivity index (χ2v) is 7.51. The van der Waals surface area contributed by atoms with E-state index in [0.29, 0.717) is 30.8 Å². The molecule has 1 N–H and O–H groups in total. The normalized spacial score (nSPS) is 18.0. The van der Waals surface area contributed by atoms with Crippen molar-refractivity contribution in [1.82, 2.24) is 14.9 Å². The molecule has 1 amide bonds. The molecule has 6 heteroatoms. The Morgan fingerprint density at radius 3 is 2.63 bits per heavy atom. The highest BCUT2D eigenvalue weighted by molar-refractivity contribution is 5.92. The summed E-state index contributed by atoms with van der Waals surface area (Å²) >= 11 is 0. The van der Waals surface area contributed by atoms with Gasteiger partial charge in [0.15, 0.2) is 0 Å². The first-order chi connectivity index (χ1) is 13.2. The number of nitrogens with zero attached hydrogens (tertiary/aromatic N) is 4. The Labute approximate surface area is 160 Å². The van der Waals surface area contributed by atoms with Crippen LogP contribution in [0.2, 0.25) is 0 Å². The summed E-state index contributed by atoms with van der Waals surface area (Å²) in [6, 6.07) is 10.7. The van der Waals surface area contributed by atoms with Crippen molar-refractivity contribution < 1.29 is 4.79 Å². The van der Waals surface area contributed by atoms with Crippen LogP contribution in [0.5, 0.6) is 0 Å². The van der Waals surface area contributed by atoms with Gasteiger partial charge in [-0.2, -0.15) is 0 Å². The van der Waals surface area contributed by atoms with Crippen LogP contribution < -0.4 is 10.2 Å². The van der Waals surface area contributed by atoms with Gasteiger partial charge in [-0.1, -0.05) is 25.0 Å². The number of rotatable bonds is 4. The Hall–Kier alpha value is -2.63. The maximum atomic E-state index is 12.9. The number of piperazine rings is 1. The monoisotopic (exact) mass is 365 g/mol. The van der Waals surface area contributed by atoms with Gasteiger partial charge in [-0.3, -0.25) is 4.79 Å². The van der Waals surface area contributed by atoms with Crippen LogP contribution in [0.25, 0.3) is 0 Å². The number of hydrogen-bond donors (Lipinski definition) is 1. The van der Waals surface area contributed by atoms with E-state index in [2.05, 4.69) is 51.4 Å². The van der Waals surface area contributed by atoms with Gasteiger partial charge < -0.3 is 15.1 Å². The quantitative estimate of drug-likeness (QED) is 0.902. The third kappa shape index (κ3) is 4.21. The molecule has 0 bridgehead atoms. The highest BCUT2D eigenvalue weighted by Crippen LogP contribution is 2.21. The predicted octanol–water partition coefficient (Wildman–Crippen LogP) is 3.10. The molecule has 1 aliphatic heterocycles. The molecule has 1 saturated heterocycles. The molecule has 0 spiro atoms. The van der Waals surface area contributed by atoms with E-state index in [1.807, 2.05) is 4.90 Å². The summed E-state index contributed by atoms with van der Waals surface area (Å²) in [6.45, 7) is 5.21. The van der Waals surface area contributed by atoms with Crippen molar-refractivity contribution in [2.45, 2.75) is 38.6 Å². The molecule has 27 heavy (non-hydrogen) atoms. The molecular formula is C21H27N5O. The van der Waals surface area contributed by atoms with Gasteiger partial charge in [0.1, 0.15) is 5.69 Å². The van der Waals surface area contributed by atoms with E-state index in [1.165, 1.54) is 24.1 Å². The van der Waals surface area contributed by atoms with Crippen molar-refractivity contribution in [1.29, 1.82) is 0 Å². The molecule has 1 aromatic heterocycles. The van der Waals surface area contributed by atoms with Gasteiger partial charge in [0.05, 0.1) is 0 Å². The number of benzene rings is 1. The van der Waals surface area contributed by atoms with E-state index in [1.54, 1.807) is 12.3 Å². The number of nitrogens with one attached hydrogen (secondary N) is 1. The zero-order valence-corrected chi connectivity index (χ0v) is 15.9. The minimum atomic E-state index is -0.00392. The average molecular weight is 365 g/mol. The number of amides is 1. The molecule has 6 nitrogen and oxygen atoms in total. The minimum Gasteiger partial charge on any atom is -0.368 e. The number of aryl methyl sites for hydroxylation is 1. The fraction of sp³-hybridized carbons (Fsp3) is 0.476. The molecule has 1 aromatic carbocycles. The van der Waals surface area contributed by atoms with Crippen LogP contribution in [0.1, 0.15) is 41.7 Å². The summed E-state index contributed by atoms with van der Waals surface area (Å²) < 4.78 is 0. The van der Waals surface area contributed by atoms with E-state index >= 15 is 0 Å². The third-order valence-corrected chi connectivity index (χ3v) is 5.50. The Balaban J connectivity index is 1.37. The van der Waals surface area contributed by atoms with Gasteiger partial charge in [0.25, 0.3) is 5.91 Å². The predicted molar refractivity (Wildman–Crippen MR) is 107 cm³/mol. The molecule has 142 valence electrons. The lowest BCUT2D eigenvalue weighted by molar-refractivity contribution is 0.0741. The summed E-state index contributed by atoms with van der Waals surface area (Å²) in [5, 5.41) is 3.37. The van der Waals surface area contributed by atoms with Crippen LogP contribution in [0, 0.1) is 6.92 Å². The number of hydrogen-bond acceptors (Lipinski definition) is 5. The lowest BCUT2D eigenvalue weighted by Crippen LogP contribution is -2.49. The Morgan fingerprint density at radius 1 is 1.11 bits per heavy atom. The fourth-order valence-corrected chi connectivity index (χ4v) is 3.95. The summed E-state index contributed by atoms with van der Waals surface area (Å²) in [5.74, 6) is 0.571. The zero-order valence-electron chi connectivity index (χ0n) is 15.9. The van der Waals surface area contributed by atoms with Gasteiger partial charge >= 0.3 is 0 Å². The Kier molecular flexibility index (Phi) is 5.23. The van der Waals surface area contributed by atoms with Crippen LogP contribution >= 0.6 is 0 Å². The van der Waals surface area contributed by atoms with Gasteiger partial charge in [-0.15, -0.1) is 0 Å². The Bertz CT molecular complexity index is 795. The molecule has 2 aliphatic rings. The molecule has 0 unspecified atom stereocenters. The van der Waals surface area contributed by atoms with Crippen molar-refractivity contribution in [3.8, 4) is 0 Å². The smallest absolute Gasteiger partial charge is 0.272 e. The fourth-order valence-electron chi connectivity index (χ4n) is 3.95. The zero-order chi connectivity index (χ0) is 18.6. The van der Waals surface area contributed by atoms with E-state index < -0.39 is 0 Å². The van der Waals surface area contributed by atoms with E-state index in [0.717, 1.165) is 25.9 Å². The second-order valence-electron chi connectivity index (χ2n) is 7.51. The van der Waals surface area contributed by atoms with Crippen LogP contribution in [-0.2, 0) is 0 Å². The van der Waals surface area contributed by atoms with Crippen molar-refractivity contribution in [2.75, 3.05) is 36.4 Å². The maximum absolute atomic E-state index is 12.9. The minimum absolute atomic E-state index is 0.00392. The lowest BCUT2D eigenvalue weighted by Gasteiger charge is -2.36. The first-order valence-electron chi connectivity index (χ1n) is 9.89. The van der Waals surface area contributed by atoms with Gasteiger partial charge in [-0.25, -0.2) is 9.97 Å². The summed E-state index contributed by atoms with van der Waals surface area (Å²) in [7, 11) is 0. The number of aromatic nitrogens is 2. The molecule has 0 radical (unpaired) electrons. The topological polar surface area (TPSA) is 61.4 Å². The van der Waals surface area contributed by atoms with Crippen molar-refractivity contribution in [2.24, 2.45) is 0 Å². The van der Waals surface area contributed by atoms with E-state index in [-0.39, 0.29) is 5.91 Å². The summed E-state index contributed by atoms with van der Waals surface area (Å²) in [5.41, 5.74) is 2.97. The number of carbonyl (C=O) groups excluding carboxylic acids is 1. The molecule has 1 saturated carbocycles. The van der Waals surface area contributed by atoms with Crippen LogP contribution in [0.15, 0.2) is 36.5 Å². The molecule has 2 fully saturated rings. The van der Waals surface area contributed by atoms with Crippen LogP contribution in [0.4, 0.5) is 11.6 Å². The van der Waals surface area contributed by atoms with Gasteiger partial charge in [0, 0.05) is 44.1 Å². The standard InChI is InChI=1S/C21H27N5O/c1-16-5-4-8-18(15-16)25-11-13-26(14-12-25)20(27)19-9-10-22-21(24-19)23-17-6-2-3-7-17/h4-5,8-10,15,17H,2-3,6-7,11-14H2,1H3,(H,22,23,24). The van der Waals surface area contributed by atoms with E-state index in [9.17, 15) is 4.79 Å². The number of anilines is 2. The van der Waals surface area contributed by atoms with Gasteiger partial charge in [-0.05, 0) is 43.5 Å². The van der Waals surface area contributed by atoms with Crippen molar-refractivity contribution in [3.05, 3.63) is 47.8 Å². The SMILES string of the molecule is Cc1cccc(N2CCN(C(=O)c3ccnc(NC4CCCC4)n3)CC2)c1. The molecular weight excluding hydrogens is 338 g/mol. The third-order valence-electron chi connectivity index (χ3n) is 5.50. The first-order valence-corrected chi connectivity index (χ1v) is 9.89. The van der Waals surface area contributed by atoms with Crippen molar-refractivity contribution >= 4 is 17.5 Å². The maximum Gasteiger partial charge on any atom is 0.272 e. The summed E-state index contributed by atoms with van der Waals surface area (Å²) in [4.78, 5) is 25.9. The van der Waals surface area contributed by atoms with E-state index in [4.69, 9.17) is 0 Å². The molecule has 2 heterocycles. The summed E-state index contributed by atoms with van der Waals surface area (Å²) in [6.07, 6.45) is 6.49. The van der Waals surface area contributed by atoms with Crippen LogP contribution in [0.3, 0.4) is 0 Å². The molecule has 0 atom stereocenters. The molecule has 4 rings (SSSR count). The highest BCUT2D eigenvalue weighted by Gasteiger charge is 2.24. The lowest BCUT2D eigenvalue weighted by atomic mass is 10.2. The molecule has 1 aliphatic carbocycles. The Morgan fingerprint density at radius 2 is 1.89 bits per heavy atom. The van der Waals surface area contributed by atoms with Crippen LogP contribution in [-0.4, -0.2) is 53.0 Å². The second kappa shape index (κ2) is 7.94.